The van der Waals surface area contributed by atoms with E-state index in [1.54, 1.807) is 0 Å². The van der Waals surface area contributed by atoms with Crippen molar-refractivity contribution in [1.82, 2.24) is 4.90 Å². The summed E-state index contributed by atoms with van der Waals surface area (Å²) >= 11 is 0. The van der Waals surface area contributed by atoms with Crippen molar-refractivity contribution in [3.63, 3.8) is 0 Å². The summed E-state index contributed by atoms with van der Waals surface area (Å²) in [5.74, 6) is 0. The van der Waals surface area contributed by atoms with E-state index in [4.69, 9.17) is 9.47 Å². The van der Waals surface area contributed by atoms with E-state index in [0.29, 0.717) is 24.3 Å². The fourth-order valence-corrected chi connectivity index (χ4v) is 4.40. The molecule has 0 bridgehead atoms. The first-order chi connectivity index (χ1) is 18.5. The van der Waals surface area contributed by atoms with E-state index in [2.05, 4.69) is 0 Å². The first-order valence-electron chi connectivity index (χ1n) is 11.8. The molecule has 6 nitrogen and oxygen atoms in total. The van der Waals surface area contributed by atoms with Crippen LogP contribution in [0.25, 0.3) is 0 Å². The number of ether oxygens (including phenoxy) is 2. The molecule has 0 saturated carbocycles. The quantitative estimate of drug-likeness (QED) is 0.343. The van der Waals surface area contributed by atoms with Crippen molar-refractivity contribution in [3.05, 3.63) is 64.2 Å². The van der Waals surface area contributed by atoms with Crippen LogP contribution in [0.2, 0.25) is 0 Å². The summed E-state index contributed by atoms with van der Waals surface area (Å²) < 4.78 is 131. The van der Waals surface area contributed by atoms with Gasteiger partial charge in [-0.15, -0.1) is 0 Å². The van der Waals surface area contributed by atoms with Crippen LogP contribution >= 0.6 is 0 Å². The minimum Gasteiger partial charge on any atom is -0.453 e. The van der Waals surface area contributed by atoms with Gasteiger partial charge in [-0.05, 0) is 61.2 Å². The van der Waals surface area contributed by atoms with Gasteiger partial charge in [-0.25, -0.2) is 9.59 Å². The van der Waals surface area contributed by atoms with E-state index in [1.807, 2.05) is 0 Å². The Morgan fingerprint density at radius 3 is 1.98 bits per heavy atom. The second-order valence-electron chi connectivity index (χ2n) is 8.79. The number of rotatable bonds is 4. The maximum atomic E-state index is 13.5. The van der Waals surface area contributed by atoms with Crippen molar-refractivity contribution in [2.24, 2.45) is 0 Å². The lowest BCUT2D eigenvalue weighted by molar-refractivity contribution is -0.143. The predicted molar refractivity (Wildman–Crippen MR) is 122 cm³/mol. The summed E-state index contributed by atoms with van der Waals surface area (Å²) in [5.41, 5.74) is -5.17. The number of fused-ring (bicyclic) bond motifs is 1. The molecular weight excluding hydrogens is 563 g/mol. The number of amides is 2. The van der Waals surface area contributed by atoms with Gasteiger partial charge in [0.15, 0.2) is 0 Å². The molecule has 2 aromatic rings. The Morgan fingerprint density at radius 1 is 0.900 bits per heavy atom. The number of halogens is 9. The minimum absolute atomic E-state index is 0.00743. The smallest absolute Gasteiger partial charge is 0.416 e. The maximum Gasteiger partial charge on any atom is 0.416 e. The van der Waals surface area contributed by atoms with Crippen molar-refractivity contribution in [2.75, 3.05) is 25.2 Å². The van der Waals surface area contributed by atoms with Crippen LogP contribution in [0.15, 0.2) is 36.4 Å². The van der Waals surface area contributed by atoms with Gasteiger partial charge >= 0.3 is 30.7 Å². The normalized spacial score (nSPS) is 16.2. The van der Waals surface area contributed by atoms with Gasteiger partial charge in [0.05, 0.1) is 42.1 Å². The minimum atomic E-state index is -5.14. The third kappa shape index (κ3) is 6.91. The standard InChI is InChI=1S/C25H23F9N2O4/c1-3-40-22(38)35-8-4-5-19(18-7-6-15(12-20(18)35)23(26,27)28)36(21(37)39-2)13-14-9-16(24(29,30)31)11-17(10-14)25(32,33)34/h6-7,9-12,19H,3-5,8,13H2,1-2H3. The van der Waals surface area contributed by atoms with Crippen molar-refractivity contribution in [2.45, 2.75) is 50.9 Å². The third-order valence-electron chi connectivity index (χ3n) is 6.14. The van der Waals surface area contributed by atoms with Crippen LogP contribution in [-0.2, 0) is 34.5 Å². The SMILES string of the molecule is CCOC(=O)N1CCCC(N(Cc2cc(C(F)(F)F)cc(C(F)(F)F)c2)C(=O)OC)c2ccc(C(F)(F)F)cc21. The molecular formula is C25H23F9N2O4. The van der Waals surface area contributed by atoms with Crippen LogP contribution in [0.1, 0.15) is 53.6 Å². The Bertz CT molecular complexity index is 1210. The molecule has 0 radical (unpaired) electrons. The number of carbonyl (C=O) groups excluding carboxylic acids is 2. The molecule has 0 aliphatic carbocycles. The molecule has 0 aromatic heterocycles. The lowest BCUT2D eigenvalue weighted by Crippen LogP contribution is -2.35. The average Bonchev–Trinajstić information content (AvgIpc) is 3.04. The molecule has 15 heteroatoms. The number of carbonyl (C=O) groups is 2. The van der Waals surface area contributed by atoms with E-state index in [-0.39, 0.29) is 43.3 Å². The van der Waals surface area contributed by atoms with Gasteiger partial charge in [0.1, 0.15) is 0 Å². The molecule has 1 atom stereocenters. The second-order valence-corrected chi connectivity index (χ2v) is 8.79. The molecule has 40 heavy (non-hydrogen) atoms. The Morgan fingerprint density at radius 2 is 1.48 bits per heavy atom. The van der Waals surface area contributed by atoms with E-state index in [9.17, 15) is 49.1 Å². The van der Waals surface area contributed by atoms with Crippen LogP contribution in [0.5, 0.6) is 0 Å². The summed E-state index contributed by atoms with van der Waals surface area (Å²) in [4.78, 5) is 27.2. The molecule has 0 N–H and O–H groups in total. The Hall–Kier alpha value is -3.65. The molecule has 1 unspecified atom stereocenters. The van der Waals surface area contributed by atoms with E-state index < -0.39 is 65.6 Å². The highest BCUT2D eigenvalue weighted by atomic mass is 19.4. The summed E-state index contributed by atoms with van der Waals surface area (Å²) in [6, 6.07) is 2.01. The molecule has 220 valence electrons. The van der Waals surface area contributed by atoms with Crippen molar-refractivity contribution in [3.8, 4) is 0 Å². The lowest BCUT2D eigenvalue weighted by atomic mass is 9.97. The Balaban J connectivity index is 2.17. The molecule has 0 saturated heterocycles. The molecule has 1 aliphatic rings. The molecule has 2 aromatic carbocycles. The summed E-state index contributed by atoms with van der Waals surface area (Å²) in [6.45, 7) is 0.428. The van der Waals surface area contributed by atoms with Crippen LogP contribution in [-0.4, -0.2) is 37.3 Å². The van der Waals surface area contributed by atoms with Gasteiger partial charge in [0.25, 0.3) is 0 Å². The van der Waals surface area contributed by atoms with Gasteiger partial charge in [-0.3, -0.25) is 9.80 Å². The number of alkyl halides is 9. The molecule has 0 spiro atoms. The average molecular weight is 586 g/mol. The summed E-state index contributed by atoms with van der Waals surface area (Å²) in [5, 5.41) is 0. The maximum absolute atomic E-state index is 13.5. The molecule has 0 fully saturated rings. The zero-order valence-electron chi connectivity index (χ0n) is 21.0. The van der Waals surface area contributed by atoms with Gasteiger partial charge in [0, 0.05) is 13.1 Å². The van der Waals surface area contributed by atoms with Gasteiger partial charge in [-0.1, -0.05) is 6.07 Å². The zero-order valence-corrected chi connectivity index (χ0v) is 21.0. The fourth-order valence-electron chi connectivity index (χ4n) is 4.40. The van der Waals surface area contributed by atoms with Crippen LogP contribution in [0.3, 0.4) is 0 Å². The first-order valence-corrected chi connectivity index (χ1v) is 11.8. The van der Waals surface area contributed by atoms with E-state index >= 15 is 0 Å². The van der Waals surface area contributed by atoms with E-state index in [0.717, 1.165) is 23.0 Å². The Kier molecular flexibility index (Phi) is 8.84. The zero-order chi connectivity index (χ0) is 30.0. The molecule has 1 aliphatic heterocycles. The van der Waals surface area contributed by atoms with Crippen LogP contribution in [0.4, 0.5) is 54.8 Å². The van der Waals surface area contributed by atoms with Crippen molar-refractivity contribution in [1.29, 1.82) is 0 Å². The first kappa shape index (κ1) is 30.9. The largest absolute Gasteiger partial charge is 0.453 e. The topological polar surface area (TPSA) is 59.1 Å². The highest BCUT2D eigenvalue weighted by molar-refractivity contribution is 5.89. The van der Waals surface area contributed by atoms with Gasteiger partial charge in [0.2, 0.25) is 0 Å². The fraction of sp³-hybridized carbons (Fsp3) is 0.440. The van der Waals surface area contributed by atoms with Crippen molar-refractivity contribution >= 4 is 17.9 Å². The number of benzene rings is 2. The molecule has 2 amide bonds. The summed E-state index contributed by atoms with van der Waals surface area (Å²) in [7, 11) is 0.928. The summed E-state index contributed by atoms with van der Waals surface area (Å²) in [6.07, 6.45) is -17.2. The monoisotopic (exact) mass is 586 g/mol. The highest BCUT2D eigenvalue weighted by Gasteiger charge is 2.39. The Labute approximate surface area is 222 Å². The van der Waals surface area contributed by atoms with Crippen LogP contribution < -0.4 is 4.90 Å². The number of anilines is 1. The second kappa shape index (κ2) is 11.5. The number of methoxy groups -OCH3 is 1. The van der Waals surface area contributed by atoms with Crippen molar-refractivity contribution < 1.29 is 58.6 Å². The number of hydrogen-bond donors (Lipinski definition) is 0. The molecule has 3 rings (SSSR count). The molecule has 1 heterocycles. The number of nitrogens with zero attached hydrogens (tertiary/aromatic N) is 2. The predicted octanol–water partition coefficient (Wildman–Crippen LogP) is 7.81. The van der Waals surface area contributed by atoms with Crippen LogP contribution in [0, 0.1) is 0 Å². The van der Waals surface area contributed by atoms with Gasteiger partial charge in [-0.2, -0.15) is 39.5 Å². The number of hydrogen-bond acceptors (Lipinski definition) is 4. The van der Waals surface area contributed by atoms with Gasteiger partial charge < -0.3 is 9.47 Å². The third-order valence-corrected chi connectivity index (χ3v) is 6.14. The lowest BCUT2D eigenvalue weighted by Gasteiger charge is -2.32. The highest BCUT2D eigenvalue weighted by Crippen LogP contribution is 2.42. The van der Waals surface area contributed by atoms with E-state index in [1.165, 1.54) is 6.92 Å².